The number of carboxylic acids is 1. The average Bonchev–Trinajstić information content (AvgIpc) is 2.96. The largest absolute Gasteiger partial charge is 0.477 e. The predicted octanol–water partition coefficient (Wildman–Crippen LogP) is 0.380. The van der Waals surface area contributed by atoms with Gasteiger partial charge in [0.15, 0.2) is 0 Å². The summed E-state index contributed by atoms with van der Waals surface area (Å²) >= 11 is 0. The van der Waals surface area contributed by atoms with Gasteiger partial charge in [0.1, 0.15) is 10.6 Å². The molecule has 1 aliphatic heterocycles. The lowest BCUT2D eigenvalue weighted by atomic mass is 10.1. The van der Waals surface area contributed by atoms with E-state index in [9.17, 15) is 13.2 Å². The molecule has 1 aromatic rings. The van der Waals surface area contributed by atoms with E-state index in [4.69, 9.17) is 9.84 Å². The third kappa shape index (κ3) is 2.72. The predicted molar refractivity (Wildman–Crippen MR) is 71.1 cm³/mol. The number of aromatic carboxylic acids is 1. The Morgan fingerprint density at radius 1 is 1.55 bits per heavy atom. The maximum absolute atomic E-state index is 12.5. The Morgan fingerprint density at radius 3 is 2.80 bits per heavy atom. The van der Waals surface area contributed by atoms with Crippen LogP contribution in [0.4, 0.5) is 0 Å². The quantitative estimate of drug-likeness (QED) is 0.849. The third-order valence-corrected chi connectivity index (χ3v) is 5.32. The van der Waals surface area contributed by atoms with E-state index in [1.807, 2.05) is 0 Å². The minimum Gasteiger partial charge on any atom is -0.477 e. The number of carboxylic acid groups (broad SMARTS) is 1. The van der Waals surface area contributed by atoms with Crippen LogP contribution >= 0.6 is 0 Å². The number of aryl methyl sites for hydroxylation is 1. The molecule has 112 valence electrons. The van der Waals surface area contributed by atoms with E-state index in [1.165, 1.54) is 28.2 Å². The van der Waals surface area contributed by atoms with Crippen molar-refractivity contribution in [3.05, 3.63) is 18.0 Å². The number of sulfonamides is 1. The second kappa shape index (κ2) is 5.55. The van der Waals surface area contributed by atoms with Gasteiger partial charge < -0.3 is 14.4 Å². The molecule has 1 aliphatic rings. The standard InChI is InChI=1S/C12H18N2O5S/c1-13-7-10(5-11(13)12(15)16)20(17,18)14-4-3-9(6-14)8-19-2/h5,7,9H,3-4,6,8H2,1-2H3,(H,15,16). The summed E-state index contributed by atoms with van der Waals surface area (Å²) in [4.78, 5) is 11.0. The van der Waals surface area contributed by atoms with E-state index >= 15 is 0 Å². The molecule has 0 aliphatic carbocycles. The highest BCUT2D eigenvalue weighted by Gasteiger charge is 2.33. The fourth-order valence-corrected chi connectivity index (χ4v) is 4.03. The first kappa shape index (κ1) is 15.0. The van der Waals surface area contributed by atoms with E-state index in [-0.39, 0.29) is 16.5 Å². The molecule has 7 nitrogen and oxygen atoms in total. The van der Waals surface area contributed by atoms with Gasteiger partial charge in [0.25, 0.3) is 0 Å². The van der Waals surface area contributed by atoms with Crippen LogP contribution in [0, 0.1) is 5.92 Å². The van der Waals surface area contributed by atoms with E-state index in [1.54, 1.807) is 7.11 Å². The lowest BCUT2D eigenvalue weighted by Crippen LogP contribution is -2.29. The van der Waals surface area contributed by atoms with Crippen molar-refractivity contribution >= 4 is 16.0 Å². The first-order valence-corrected chi connectivity index (χ1v) is 7.69. The summed E-state index contributed by atoms with van der Waals surface area (Å²) in [7, 11) is -0.527. The molecule has 2 heterocycles. The lowest BCUT2D eigenvalue weighted by Gasteiger charge is -2.15. The minimum atomic E-state index is -3.63. The normalized spacial score (nSPS) is 20.4. The lowest BCUT2D eigenvalue weighted by molar-refractivity contribution is 0.0686. The first-order valence-electron chi connectivity index (χ1n) is 6.25. The number of aromatic nitrogens is 1. The van der Waals surface area contributed by atoms with Gasteiger partial charge in [0, 0.05) is 33.4 Å². The number of nitrogens with zero attached hydrogens (tertiary/aromatic N) is 2. The number of carbonyl (C=O) groups is 1. The van der Waals surface area contributed by atoms with Crippen LogP contribution in [0.3, 0.4) is 0 Å². The van der Waals surface area contributed by atoms with Gasteiger partial charge in [-0.1, -0.05) is 0 Å². The van der Waals surface area contributed by atoms with Gasteiger partial charge >= 0.3 is 5.97 Å². The zero-order valence-corrected chi connectivity index (χ0v) is 12.3. The molecule has 1 unspecified atom stereocenters. The SMILES string of the molecule is COCC1CCN(S(=O)(=O)c2cc(C(=O)O)n(C)c2)C1. The summed E-state index contributed by atoms with van der Waals surface area (Å²) in [6, 6.07) is 1.20. The van der Waals surface area contributed by atoms with Crippen molar-refractivity contribution < 1.29 is 23.1 Å². The van der Waals surface area contributed by atoms with Crippen LogP contribution in [0.25, 0.3) is 0 Å². The van der Waals surface area contributed by atoms with Crippen LogP contribution in [-0.4, -0.2) is 55.2 Å². The van der Waals surface area contributed by atoms with Crippen LogP contribution in [0.2, 0.25) is 0 Å². The zero-order valence-electron chi connectivity index (χ0n) is 11.4. The summed E-state index contributed by atoms with van der Waals surface area (Å²) in [5.74, 6) is -0.954. The van der Waals surface area contributed by atoms with Crippen molar-refractivity contribution in [2.24, 2.45) is 13.0 Å². The third-order valence-electron chi connectivity index (χ3n) is 3.49. The molecule has 0 aromatic carbocycles. The molecule has 0 radical (unpaired) electrons. The summed E-state index contributed by atoms with van der Waals surface area (Å²) in [6.45, 7) is 1.38. The molecule has 1 atom stereocenters. The van der Waals surface area contributed by atoms with Crippen molar-refractivity contribution in [2.45, 2.75) is 11.3 Å². The van der Waals surface area contributed by atoms with Gasteiger partial charge in [-0.3, -0.25) is 0 Å². The maximum Gasteiger partial charge on any atom is 0.352 e. The highest BCUT2D eigenvalue weighted by molar-refractivity contribution is 7.89. The molecule has 2 rings (SSSR count). The van der Waals surface area contributed by atoms with Gasteiger partial charge in [-0.05, 0) is 18.4 Å². The second-order valence-electron chi connectivity index (χ2n) is 4.95. The van der Waals surface area contributed by atoms with Crippen molar-refractivity contribution in [1.29, 1.82) is 0 Å². The second-order valence-corrected chi connectivity index (χ2v) is 6.89. The van der Waals surface area contributed by atoms with Crippen LogP contribution in [0.15, 0.2) is 17.2 Å². The van der Waals surface area contributed by atoms with Gasteiger partial charge in [-0.15, -0.1) is 0 Å². The summed E-state index contributed by atoms with van der Waals surface area (Å²) in [6.07, 6.45) is 2.09. The van der Waals surface area contributed by atoms with Gasteiger partial charge in [0.05, 0.1) is 6.61 Å². The van der Waals surface area contributed by atoms with Crippen molar-refractivity contribution in [3.63, 3.8) is 0 Å². The fourth-order valence-electron chi connectivity index (χ4n) is 2.42. The number of rotatable bonds is 5. The van der Waals surface area contributed by atoms with E-state index < -0.39 is 16.0 Å². The molecule has 8 heteroatoms. The number of methoxy groups -OCH3 is 1. The minimum absolute atomic E-state index is 0.0236. The number of hydrogen-bond donors (Lipinski definition) is 1. The molecule has 0 amide bonds. The van der Waals surface area contributed by atoms with E-state index in [0.717, 1.165) is 6.42 Å². The first-order chi connectivity index (χ1) is 9.36. The molecule has 1 aromatic heterocycles. The summed E-state index contributed by atoms with van der Waals surface area (Å²) in [5, 5.41) is 8.98. The molecule has 20 heavy (non-hydrogen) atoms. The zero-order chi connectivity index (χ0) is 14.9. The van der Waals surface area contributed by atoms with Gasteiger partial charge in [-0.25, -0.2) is 13.2 Å². The van der Waals surface area contributed by atoms with Crippen molar-refractivity contribution in [2.75, 3.05) is 26.8 Å². The smallest absolute Gasteiger partial charge is 0.352 e. The van der Waals surface area contributed by atoms with Gasteiger partial charge in [-0.2, -0.15) is 4.31 Å². The van der Waals surface area contributed by atoms with Gasteiger partial charge in [0.2, 0.25) is 10.0 Å². The molecule has 0 saturated carbocycles. The number of ether oxygens (including phenoxy) is 1. The Labute approximate surface area is 117 Å². The highest BCUT2D eigenvalue weighted by Crippen LogP contribution is 2.25. The Morgan fingerprint density at radius 2 is 2.25 bits per heavy atom. The van der Waals surface area contributed by atoms with Crippen LogP contribution < -0.4 is 0 Å². The number of hydrogen-bond acceptors (Lipinski definition) is 4. The topological polar surface area (TPSA) is 88.8 Å². The molecule has 0 bridgehead atoms. The Kier molecular flexibility index (Phi) is 4.17. The summed E-state index contributed by atoms with van der Waals surface area (Å²) < 4.78 is 32.6. The molecule has 1 saturated heterocycles. The molecular formula is C12H18N2O5S. The molecule has 0 spiro atoms. The summed E-state index contributed by atoms with van der Waals surface area (Å²) in [5.41, 5.74) is -0.0452. The Hall–Kier alpha value is -1.38. The Bertz CT molecular complexity index is 607. The van der Waals surface area contributed by atoms with E-state index in [0.29, 0.717) is 19.7 Å². The monoisotopic (exact) mass is 302 g/mol. The van der Waals surface area contributed by atoms with Crippen molar-refractivity contribution in [1.82, 2.24) is 8.87 Å². The molecular weight excluding hydrogens is 284 g/mol. The van der Waals surface area contributed by atoms with E-state index in [2.05, 4.69) is 0 Å². The Balaban J connectivity index is 2.23. The van der Waals surface area contributed by atoms with Crippen LogP contribution in [-0.2, 0) is 21.8 Å². The average molecular weight is 302 g/mol. The molecule has 1 fully saturated rings. The highest BCUT2D eigenvalue weighted by atomic mass is 32.2. The van der Waals surface area contributed by atoms with Crippen molar-refractivity contribution in [3.8, 4) is 0 Å². The maximum atomic E-state index is 12.5. The molecule has 1 N–H and O–H groups in total. The van der Waals surface area contributed by atoms with Crippen LogP contribution in [0.5, 0.6) is 0 Å². The van der Waals surface area contributed by atoms with Crippen LogP contribution in [0.1, 0.15) is 16.9 Å². The fraction of sp³-hybridized carbons (Fsp3) is 0.583.